The second kappa shape index (κ2) is 5.98. The van der Waals surface area contributed by atoms with Crippen LogP contribution in [0.25, 0.3) is 0 Å². The van der Waals surface area contributed by atoms with Crippen LogP contribution in [0.5, 0.6) is 0 Å². The minimum Gasteiger partial charge on any atom is -0.395 e. The third-order valence-corrected chi connectivity index (χ3v) is 4.18. The zero-order valence-corrected chi connectivity index (χ0v) is 11.2. The summed E-state index contributed by atoms with van der Waals surface area (Å²) in [5.41, 5.74) is 1.50. The zero-order chi connectivity index (χ0) is 12.3. The van der Waals surface area contributed by atoms with E-state index in [0.29, 0.717) is 24.5 Å². The molecule has 98 valence electrons. The summed E-state index contributed by atoms with van der Waals surface area (Å²) in [5, 5.41) is 13.1. The van der Waals surface area contributed by atoms with Crippen LogP contribution < -0.4 is 5.32 Å². The van der Waals surface area contributed by atoms with Crippen molar-refractivity contribution in [3.8, 4) is 0 Å². The first kappa shape index (κ1) is 13.1. The number of hydrogen-bond acceptors (Lipinski definition) is 3. The van der Waals surface area contributed by atoms with Gasteiger partial charge in [-0.2, -0.15) is 0 Å². The molecule has 0 bridgehead atoms. The van der Waals surface area contributed by atoms with Crippen molar-refractivity contribution in [2.45, 2.75) is 32.7 Å². The van der Waals surface area contributed by atoms with Gasteiger partial charge in [0.05, 0.1) is 6.61 Å². The van der Waals surface area contributed by atoms with Gasteiger partial charge < -0.3 is 10.4 Å². The zero-order valence-electron chi connectivity index (χ0n) is 11.2. The van der Waals surface area contributed by atoms with Gasteiger partial charge in [0.25, 0.3) is 0 Å². The van der Waals surface area contributed by atoms with Crippen LogP contribution in [0.15, 0.2) is 11.6 Å². The summed E-state index contributed by atoms with van der Waals surface area (Å²) in [7, 11) is 0. The molecule has 3 atom stereocenters. The van der Waals surface area contributed by atoms with E-state index >= 15 is 0 Å². The molecule has 3 unspecified atom stereocenters. The molecular formula is C14H26N2O. The van der Waals surface area contributed by atoms with Gasteiger partial charge in [-0.05, 0) is 31.6 Å². The summed E-state index contributed by atoms with van der Waals surface area (Å²) >= 11 is 0. The Morgan fingerprint density at radius 2 is 2.18 bits per heavy atom. The topological polar surface area (TPSA) is 35.5 Å². The highest BCUT2D eigenvalue weighted by Gasteiger charge is 2.30. The Bertz CT molecular complexity index is 271. The van der Waals surface area contributed by atoms with E-state index in [2.05, 4.69) is 30.1 Å². The molecule has 0 amide bonds. The van der Waals surface area contributed by atoms with E-state index in [-0.39, 0.29) is 0 Å². The van der Waals surface area contributed by atoms with Crippen LogP contribution in [0.4, 0.5) is 0 Å². The Morgan fingerprint density at radius 3 is 2.76 bits per heavy atom. The third kappa shape index (κ3) is 3.30. The van der Waals surface area contributed by atoms with Crippen LogP contribution >= 0.6 is 0 Å². The predicted octanol–water partition coefficient (Wildman–Crippen LogP) is 1.24. The molecular weight excluding hydrogens is 212 g/mol. The van der Waals surface area contributed by atoms with E-state index < -0.39 is 0 Å². The molecule has 17 heavy (non-hydrogen) atoms. The van der Waals surface area contributed by atoms with Gasteiger partial charge in [0.15, 0.2) is 0 Å². The summed E-state index contributed by atoms with van der Waals surface area (Å²) in [6.07, 6.45) is 4.79. The molecule has 1 heterocycles. The van der Waals surface area contributed by atoms with Gasteiger partial charge in [0, 0.05) is 32.2 Å². The lowest BCUT2D eigenvalue weighted by atomic mass is 9.79. The maximum atomic E-state index is 9.72. The summed E-state index contributed by atoms with van der Waals surface area (Å²) in [6, 6.07) is 0.364. The van der Waals surface area contributed by atoms with Gasteiger partial charge in [-0.3, -0.25) is 4.90 Å². The third-order valence-electron chi connectivity index (χ3n) is 4.18. The number of nitrogens with one attached hydrogen (secondary N) is 1. The fourth-order valence-corrected chi connectivity index (χ4v) is 3.47. The molecule has 1 aliphatic heterocycles. The lowest BCUT2D eigenvalue weighted by molar-refractivity contribution is 0.0612. The van der Waals surface area contributed by atoms with E-state index in [0.717, 1.165) is 26.2 Å². The van der Waals surface area contributed by atoms with Crippen LogP contribution in [0.3, 0.4) is 0 Å². The van der Waals surface area contributed by atoms with Crippen molar-refractivity contribution in [2.75, 3.05) is 32.8 Å². The fourth-order valence-electron chi connectivity index (χ4n) is 3.47. The second-order valence-electron chi connectivity index (χ2n) is 5.73. The lowest BCUT2D eigenvalue weighted by Gasteiger charge is -2.40. The SMILES string of the molecule is CC1=CC(C)CC(C(CO)N2CCNCC2)C1. The minimum atomic E-state index is 0.310. The molecule has 1 aliphatic carbocycles. The molecule has 0 aromatic heterocycles. The van der Waals surface area contributed by atoms with Crippen molar-refractivity contribution in [1.82, 2.24) is 10.2 Å². The normalized spacial score (nSPS) is 33.2. The summed E-state index contributed by atoms with van der Waals surface area (Å²) < 4.78 is 0. The predicted molar refractivity (Wildman–Crippen MR) is 71.0 cm³/mol. The number of rotatable bonds is 3. The Balaban J connectivity index is 2.00. The first-order valence-electron chi connectivity index (χ1n) is 6.93. The Kier molecular flexibility index (Phi) is 4.60. The molecule has 2 aliphatic rings. The Morgan fingerprint density at radius 1 is 1.47 bits per heavy atom. The van der Waals surface area contributed by atoms with Crippen LogP contribution in [-0.2, 0) is 0 Å². The van der Waals surface area contributed by atoms with Gasteiger partial charge >= 0.3 is 0 Å². The molecule has 3 heteroatoms. The highest BCUT2D eigenvalue weighted by Crippen LogP contribution is 2.32. The van der Waals surface area contributed by atoms with Crippen molar-refractivity contribution in [3.05, 3.63) is 11.6 Å². The Labute approximate surface area is 105 Å². The van der Waals surface area contributed by atoms with E-state index in [1.54, 1.807) is 0 Å². The molecule has 0 aromatic rings. The van der Waals surface area contributed by atoms with Crippen molar-refractivity contribution in [2.24, 2.45) is 11.8 Å². The fraction of sp³-hybridized carbons (Fsp3) is 0.857. The summed E-state index contributed by atoms with van der Waals surface area (Å²) in [5.74, 6) is 1.31. The summed E-state index contributed by atoms with van der Waals surface area (Å²) in [4.78, 5) is 2.48. The largest absolute Gasteiger partial charge is 0.395 e. The first-order chi connectivity index (χ1) is 8.20. The highest BCUT2D eigenvalue weighted by atomic mass is 16.3. The molecule has 0 spiro atoms. The Hall–Kier alpha value is -0.380. The van der Waals surface area contributed by atoms with E-state index in [1.807, 2.05) is 0 Å². The maximum Gasteiger partial charge on any atom is 0.0589 e. The van der Waals surface area contributed by atoms with Crippen LogP contribution in [0, 0.1) is 11.8 Å². The molecule has 2 rings (SSSR count). The lowest BCUT2D eigenvalue weighted by Crippen LogP contribution is -2.52. The monoisotopic (exact) mass is 238 g/mol. The van der Waals surface area contributed by atoms with Crippen molar-refractivity contribution >= 4 is 0 Å². The molecule has 2 N–H and O–H groups in total. The molecule has 1 fully saturated rings. The number of nitrogens with zero attached hydrogens (tertiary/aromatic N) is 1. The van der Waals surface area contributed by atoms with Crippen molar-refractivity contribution < 1.29 is 5.11 Å². The number of hydrogen-bond donors (Lipinski definition) is 2. The van der Waals surface area contributed by atoms with Crippen molar-refractivity contribution in [3.63, 3.8) is 0 Å². The van der Waals surface area contributed by atoms with Crippen LogP contribution in [0.2, 0.25) is 0 Å². The molecule has 0 saturated carbocycles. The first-order valence-corrected chi connectivity index (χ1v) is 6.93. The molecule has 0 aromatic carbocycles. The number of piperazine rings is 1. The number of aliphatic hydroxyl groups excluding tert-OH is 1. The van der Waals surface area contributed by atoms with Gasteiger partial charge in [-0.25, -0.2) is 0 Å². The highest BCUT2D eigenvalue weighted by molar-refractivity contribution is 5.08. The van der Waals surface area contributed by atoms with Gasteiger partial charge in [-0.1, -0.05) is 18.6 Å². The summed E-state index contributed by atoms with van der Waals surface area (Å²) in [6.45, 7) is 9.13. The molecule has 3 nitrogen and oxygen atoms in total. The van der Waals surface area contributed by atoms with Gasteiger partial charge in [-0.15, -0.1) is 0 Å². The quantitative estimate of drug-likeness (QED) is 0.726. The average molecular weight is 238 g/mol. The second-order valence-corrected chi connectivity index (χ2v) is 5.73. The van der Waals surface area contributed by atoms with Crippen LogP contribution in [0.1, 0.15) is 26.7 Å². The van der Waals surface area contributed by atoms with Gasteiger partial charge in [0.1, 0.15) is 0 Å². The average Bonchev–Trinajstić information content (AvgIpc) is 2.30. The van der Waals surface area contributed by atoms with Crippen LogP contribution in [-0.4, -0.2) is 48.8 Å². The van der Waals surface area contributed by atoms with E-state index in [1.165, 1.54) is 18.4 Å². The molecule has 1 saturated heterocycles. The van der Waals surface area contributed by atoms with E-state index in [9.17, 15) is 5.11 Å². The maximum absolute atomic E-state index is 9.72. The number of allylic oxidation sites excluding steroid dienone is 2. The van der Waals surface area contributed by atoms with Gasteiger partial charge in [0.2, 0.25) is 0 Å². The van der Waals surface area contributed by atoms with Crippen molar-refractivity contribution in [1.29, 1.82) is 0 Å². The molecule has 0 radical (unpaired) electrons. The number of aliphatic hydroxyl groups is 1. The standard InChI is InChI=1S/C14H26N2O/c1-11-7-12(2)9-13(8-11)14(10-17)16-5-3-15-4-6-16/h7,11,13-15,17H,3-6,8-10H2,1-2H3. The smallest absolute Gasteiger partial charge is 0.0589 e. The van der Waals surface area contributed by atoms with E-state index in [4.69, 9.17) is 0 Å². The minimum absolute atomic E-state index is 0.310.